The van der Waals surface area contributed by atoms with Crippen molar-refractivity contribution in [2.45, 2.75) is 6.54 Å². The molecule has 2 N–H and O–H groups in total. The number of carbonyl (C=O) groups is 1. The summed E-state index contributed by atoms with van der Waals surface area (Å²) < 4.78 is 0. The molecule has 90 valence electrons. The molecule has 0 atom stereocenters. The number of benzene rings is 2. The third-order valence-electron chi connectivity index (χ3n) is 3.15. The lowest BCUT2D eigenvalue weighted by Crippen LogP contribution is -2.23. The van der Waals surface area contributed by atoms with E-state index in [-0.39, 0.29) is 5.91 Å². The van der Waals surface area contributed by atoms with Gasteiger partial charge in [0.2, 0.25) is 0 Å². The molecule has 0 aliphatic carbocycles. The maximum absolute atomic E-state index is 12.3. The van der Waals surface area contributed by atoms with Gasteiger partial charge in [-0.3, -0.25) is 4.79 Å². The van der Waals surface area contributed by atoms with E-state index in [0.29, 0.717) is 22.8 Å². The van der Waals surface area contributed by atoms with Crippen LogP contribution in [0.5, 0.6) is 0 Å². The predicted octanol–water partition coefficient (Wildman–Crippen LogP) is 3.08. The number of amides is 1. The average Bonchev–Trinajstić information content (AvgIpc) is 2.70. The zero-order chi connectivity index (χ0) is 12.7. The van der Waals surface area contributed by atoms with Crippen LogP contribution >= 0.6 is 11.6 Å². The Labute approximate surface area is 110 Å². The molecule has 1 heterocycles. The van der Waals surface area contributed by atoms with Gasteiger partial charge in [0.15, 0.2) is 0 Å². The van der Waals surface area contributed by atoms with E-state index in [1.165, 1.54) is 0 Å². The van der Waals surface area contributed by atoms with Crippen LogP contribution in [0.2, 0.25) is 5.02 Å². The minimum atomic E-state index is -0.0506. The molecule has 0 spiro atoms. The fourth-order valence-electron chi connectivity index (χ4n) is 2.22. The van der Waals surface area contributed by atoms with Crippen molar-refractivity contribution in [3.63, 3.8) is 0 Å². The molecular formula is C14H11ClN2O. The van der Waals surface area contributed by atoms with Crippen LogP contribution in [-0.4, -0.2) is 5.91 Å². The van der Waals surface area contributed by atoms with E-state index < -0.39 is 0 Å². The maximum atomic E-state index is 12.3. The summed E-state index contributed by atoms with van der Waals surface area (Å²) in [5, 5.41) is 0.567. The number of hydrogen-bond donors (Lipinski definition) is 1. The first kappa shape index (κ1) is 11.1. The largest absolute Gasteiger partial charge is 0.398 e. The second-order valence-corrected chi connectivity index (χ2v) is 4.62. The van der Waals surface area contributed by atoms with Gasteiger partial charge in [-0.15, -0.1) is 0 Å². The molecule has 1 aliphatic heterocycles. The second kappa shape index (κ2) is 4.03. The molecule has 2 aromatic carbocycles. The zero-order valence-corrected chi connectivity index (χ0v) is 10.3. The number of nitrogens with zero attached hydrogens (tertiary/aromatic N) is 1. The third kappa shape index (κ3) is 1.56. The number of nitrogen functional groups attached to an aromatic ring is 1. The van der Waals surface area contributed by atoms with Gasteiger partial charge >= 0.3 is 0 Å². The summed E-state index contributed by atoms with van der Waals surface area (Å²) in [6, 6.07) is 12.7. The van der Waals surface area contributed by atoms with Crippen molar-refractivity contribution in [2.75, 3.05) is 10.6 Å². The molecule has 0 radical (unpaired) electrons. The fourth-order valence-corrected chi connectivity index (χ4v) is 2.46. The standard InChI is InChI=1S/C14H11ClN2O/c15-11-5-1-2-7-13(11)17-8-10-9(14(17)18)4-3-6-12(10)16/h1-7H,8,16H2. The number of rotatable bonds is 1. The summed E-state index contributed by atoms with van der Waals surface area (Å²) in [7, 11) is 0. The lowest BCUT2D eigenvalue weighted by Gasteiger charge is -2.17. The van der Waals surface area contributed by atoms with Crippen LogP contribution in [-0.2, 0) is 6.54 Å². The van der Waals surface area contributed by atoms with E-state index in [4.69, 9.17) is 17.3 Å². The van der Waals surface area contributed by atoms with Crippen LogP contribution < -0.4 is 10.6 Å². The number of para-hydroxylation sites is 1. The number of anilines is 2. The number of carbonyl (C=O) groups excluding carboxylic acids is 1. The normalized spacial score (nSPS) is 13.8. The van der Waals surface area contributed by atoms with Gasteiger partial charge in [0.25, 0.3) is 5.91 Å². The van der Waals surface area contributed by atoms with Crippen LogP contribution in [0.4, 0.5) is 11.4 Å². The molecule has 0 unspecified atom stereocenters. The second-order valence-electron chi connectivity index (χ2n) is 4.22. The average molecular weight is 259 g/mol. The Morgan fingerprint density at radius 1 is 1.11 bits per heavy atom. The minimum absolute atomic E-state index is 0.0506. The zero-order valence-electron chi connectivity index (χ0n) is 9.56. The summed E-state index contributed by atoms with van der Waals surface area (Å²) in [4.78, 5) is 14.0. The van der Waals surface area contributed by atoms with Crippen LogP contribution in [0, 0.1) is 0 Å². The van der Waals surface area contributed by atoms with Crippen molar-refractivity contribution < 1.29 is 4.79 Å². The molecule has 1 amide bonds. The van der Waals surface area contributed by atoms with Gasteiger partial charge in [0.05, 0.1) is 17.3 Å². The van der Waals surface area contributed by atoms with Crippen molar-refractivity contribution in [2.24, 2.45) is 0 Å². The Hall–Kier alpha value is -2.00. The number of halogens is 1. The summed E-state index contributed by atoms with van der Waals surface area (Å²) in [6.07, 6.45) is 0. The Morgan fingerprint density at radius 2 is 1.89 bits per heavy atom. The molecule has 0 aromatic heterocycles. The smallest absolute Gasteiger partial charge is 0.259 e. The number of nitrogens with two attached hydrogens (primary N) is 1. The fraction of sp³-hybridized carbons (Fsp3) is 0.0714. The van der Waals surface area contributed by atoms with Crippen LogP contribution in [0.25, 0.3) is 0 Å². The van der Waals surface area contributed by atoms with Gasteiger partial charge in [-0.1, -0.05) is 29.8 Å². The van der Waals surface area contributed by atoms with Crippen molar-refractivity contribution in [3.8, 4) is 0 Å². The highest BCUT2D eigenvalue weighted by atomic mass is 35.5. The highest BCUT2D eigenvalue weighted by Crippen LogP contribution is 2.34. The van der Waals surface area contributed by atoms with E-state index in [1.54, 1.807) is 23.1 Å². The van der Waals surface area contributed by atoms with E-state index in [9.17, 15) is 4.79 Å². The first-order chi connectivity index (χ1) is 8.68. The first-order valence-electron chi connectivity index (χ1n) is 5.62. The van der Waals surface area contributed by atoms with Gasteiger partial charge in [-0.25, -0.2) is 0 Å². The lowest BCUT2D eigenvalue weighted by atomic mass is 10.1. The van der Waals surface area contributed by atoms with Crippen molar-refractivity contribution in [1.29, 1.82) is 0 Å². The SMILES string of the molecule is Nc1cccc2c1CN(c1ccccc1Cl)C2=O. The number of fused-ring (bicyclic) bond motifs is 1. The van der Waals surface area contributed by atoms with Gasteiger partial charge in [-0.2, -0.15) is 0 Å². The van der Waals surface area contributed by atoms with Gasteiger partial charge in [0.1, 0.15) is 0 Å². The van der Waals surface area contributed by atoms with Crippen LogP contribution in [0.1, 0.15) is 15.9 Å². The van der Waals surface area contributed by atoms with Gasteiger partial charge in [-0.05, 0) is 24.3 Å². The van der Waals surface area contributed by atoms with E-state index >= 15 is 0 Å². The Morgan fingerprint density at radius 3 is 2.61 bits per heavy atom. The monoisotopic (exact) mass is 258 g/mol. The molecule has 0 bridgehead atoms. The molecule has 0 saturated carbocycles. The minimum Gasteiger partial charge on any atom is -0.398 e. The van der Waals surface area contributed by atoms with Gasteiger partial charge < -0.3 is 10.6 Å². The molecule has 3 nitrogen and oxygen atoms in total. The lowest BCUT2D eigenvalue weighted by molar-refractivity contribution is 0.0996. The van der Waals surface area contributed by atoms with E-state index in [2.05, 4.69) is 0 Å². The Kier molecular flexibility index (Phi) is 2.49. The molecule has 2 aromatic rings. The van der Waals surface area contributed by atoms with Crippen molar-refractivity contribution in [1.82, 2.24) is 0 Å². The summed E-state index contributed by atoms with van der Waals surface area (Å²) >= 11 is 6.13. The molecule has 4 heteroatoms. The highest BCUT2D eigenvalue weighted by molar-refractivity contribution is 6.34. The molecule has 3 rings (SSSR count). The molecular weight excluding hydrogens is 248 g/mol. The van der Waals surface area contributed by atoms with E-state index in [1.807, 2.05) is 24.3 Å². The Bertz CT molecular complexity index is 639. The van der Waals surface area contributed by atoms with Gasteiger partial charge in [0, 0.05) is 16.8 Å². The predicted molar refractivity (Wildman–Crippen MR) is 72.8 cm³/mol. The molecule has 18 heavy (non-hydrogen) atoms. The summed E-state index contributed by atoms with van der Waals surface area (Å²) in [5.41, 5.74) is 8.81. The topological polar surface area (TPSA) is 46.3 Å². The molecule has 0 saturated heterocycles. The summed E-state index contributed by atoms with van der Waals surface area (Å²) in [6.45, 7) is 0.477. The van der Waals surface area contributed by atoms with Crippen molar-refractivity contribution >= 4 is 28.9 Å². The highest BCUT2D eigenvalue weighted by Gasteiger charge is 2.30. The van der Waals surface area contributed by atoms with Crippen LogP contribution in [0.3, 0.4) is 0 Å². The quantitative estimate of drug-likeness (QED) is 0.799. The summed E-state index contributed by atoms with van der Waals surface area (Å²) in [5.74, 6) is -0.0506. The van der Waals surface area contributed by atoms with Crippen LogP contribution in [0.15, 0.2) is 42.5 Å². The molecule has 1 aliphatic rings. The van der Waals surface area contributed by atoms with E-state index in [0.717, 1.165) is 11.3 Å². The maximum Gasteiger partial charge on any atom is 0.259 e. The molecule has 0 fully saturated rings. The van der Waals surface area contributed by atoms with Crippen molar-refractivity contribution in [3.05, 3.63) is 58.6 Å². The number of hydrogen-bond acceptors (Lipinski definition) is 2. The first-order valence-corrected chi connectivity index (χ1v) is 6.00. The Balaban J connectivity index is 2.08. The third-order valence-corrected chi connectivity index (χ3v) is 3.47.